The molecule has 3 aromatic heterocycles. The molecule has 0 unspecified atom stereocenters. The molecule has 0 saturated carbocycles. The summed E-state index contributed by atoms with van der Waals surface area (Å²) in [6.07, 6.45) is -3.61. The van der Waals surface area contributed by atoms with E-state index in [9.17, 15) is 26.3 Å². The van der Waals surface area contributed by atoms with Gasteiger partial charge in [-0.1, -0.05) is 12.1 Å². The van der Waals surface area contributed by atoms with Gasteiger partial charge in [-0.3, -0.25) is 4.40 Å². The number of halogens is 6. The third-order valence-electron chi connectivity index (χ3n) is 4.16. The molecule has 13 heteroatoms. The van der Waals surface area contributed by atoms with E-state index in [2.05, 4.69) is 20.7 Å². The normalized spacial score (nSPS) is 11.3. The SMILES string of the molecule is C=O.NCC(F)(F)F.Nc1cccc(-c2cnc3cc(-c4ncc(C(F)(F)F)cn4)ccn23)c1. The van der Waals surface area contributed by atoms with Gasteiger partial charge in [-0.25, -0.2) is 15.0 Å². The van der Waals surface area contributed by atoms with Crippen LogP contribution in [0.2, 0.25) is 0 Å². The molecule has 0 saturated heterocycles. The number of rotatable bonds is 2. The van der Waals surface area contributed by atoms with Crippen molar-refractivity contribution in [2.75, 3.05) is 12.3 Å². The summed E-state index contributed by atoms with van der Waals surface area (Å²) in [6.45, 7) is 0.771. The number of hydrogen-bond acceptors (Lipinski definition) is 6. The number of alkyl halides is 6. The van der Waals surface area contributed by atoms with Gasteiger partial charge in [-0.2, -0.15) is 26.3 Å². The van der Waals surface area contributed by atoms with Gasteiger partial charge >= 0.3 is 12.4 Å². The number of nitrogens with zero attached hydrogens (tertiary/aromatic N) is 4. The Morgan fingerprint density at radius 2 is 1.50 bits per heavy atom. The van der Waals surface area contributed by atoms with Crippen LogP contribution in [0.25, 0.3) is 28.3 Å². The molecule has 180 valence electrons. The van der Waals surface area contributed by atoms with E-state index < -0.39 is 24.5 Å². The maximum Gasteiger partial charge on any atom is 0.419 e. The molecule has 3 heterocycles. The van der Waals surface area contributed by atoms with Gasteiger partial charge in [0, 0.05) is 35.4 Å². The lowest BCUT2D eigenvalue weighted by Crippen LogP contribution is -2.21. The first kappa shape index (κ1) is 26.3. The van der Waals surface area contributed by atoms with Gasteiger partial charge in [0.1, 0.15) is 12.4 Å². The standard InChI is InChI=1S/C18H12F3N5.C2H4F3N.CH2O/c19-18(20,21)13-8-24-17(25-9-13)12-4-5-26-15(10-23-16(26)7-12)11-2-1-3-14(22)6-11;3-2(4,5)1-6;1-2/h1-10H,22H2;1,6H2;1H2. The zero-order valence-corrected chi connectivity index (χ0v) is 17.3. The molecule has 4 N–H and O–H groups in total. The fourth-order valence-electron chi connectivity index (χ4n) is 2.65. The molecular weight excluding hydrogens is 466 g/mol. The van der Waals surface area contributed by atoms with E-state index in [-0.39, 0.29) is 5.82 Å². The lowest BCUT2D eigenvalue weighted by Gasteiger charge is -2.07. The molecule has 0 bridgehead atoms. The molecule has 0 fully saturated rings. The number of carbonyl (C=O) groups is 1. The van der Waals surface area contributed by atoms with Crippen molar-refractivity contribution in [2.45, 2.75) is 12.4 Å². The molecule has 0 atom stereocenters. The number of anilines is 1. The van der Waals surface area contributed by atoms with E-state index in [4.69, 9.17) is 10.5 Å². The van der Waals surface area contributed by atoms with Crippen molar-refractivity contribution in [3.8, 4) is 22.6 Å². The van der Waals surface area contributed by atoms with Crippen LogP contribution in [0, 0.1) is 0 Å². The monoisotopic (exact) mass is 484 g/mol. The maximum absolute atomic E-state index is 12.6. The number of aromatic nitrogens is 4. The van der Waals surface area contributed by atoms with Crippen LogP contribution in [0.3, 0.4) is 0 Å². The minimum Gasteiger partial charge on any atom is -0.399 e. The Morgan fingerprint density at radius 1 is 0.882 bits per heavy atom. The van der Waals surface area contributed by atoms with Gasteiger partial charge in [-0.15, -0.1) is 0 Å². The zero-order chi connectivity index (χ0) is 25.5. The van der Waals surface area contributed by atoms with Crippen molar-refractivity contribution in [1.29, 1.82) is 0 Å². The Hall–Kier alpha value is -4.00. The van der Waals surface area contributed by atoms with E-state index in [1.807, 2.05) is 29.4 Å². The van der Waals surface area contributed by atoms with Crippen LogP contribution in [-0.2, 0) is 11.0 Å². The van der Waals surface area contributed by atoms with Crippen molar-refractivity contribution in [1.82, 2.24) is 19.4 Å². The molecular formula is C21H18F6N6O. The Balaban J connectivity index is 0.000000447. The first-order valence-corrected chi connectivity index (χ1v) is 9.26. The predicted octanol–water partition coefficient (Wildman–Crippen LogP) is 4.38. The van der Waals surface area contributed by atoms with Gasteiger partial charge in [0.15, 0.2) is 5.82 Å². The molecule has 4 rings (SSSR count). The largest absolute Gasteiger partial charge is 0.419 e. The van der Waals surface area contributed by atoms with Crippen molar-refractivity contribution in [3.05, 3.63) is 66.7 Å². The van der Waals surface area contributed by atoms with E-state index >= 15 is 0 Å². The molecule has 0 radical (unpaired) electrons. The second-order valence-electron chi connectivity index (χ2n) is 6.52. The van der Waals surface area contributed by atoms with Crippen LogP contribution in [0.5, 0.6) is 0 Å². The molecule has 0 aliphatic carbocycles. The molecule has 34 heavy (non-hydrogen) atoms. The highest BCUT2D eigenvalue weighted by Gasteiger charge is 2.31. The number of fused-ring (bicyclic) bond motifs is 1. The van der Waals surface area contributed by atoms with E-state index in [1.54, 1.807) is 30.6 Å². The molecule has 0 amide bonds. The van der Waals surface area contributed by atoms with Crippen LogP contribution in [0.4, 0.5) is 32.0 Å². The second kappa shape index (κ2) is 10.7. The summed E-state index contributed by atoms with van der Waals surface area (Å²) in [5.41, 5.74) is 12.7. The lowest BCUT2D eigenvalue weighted by molar-refractivity contribution is -0.138. The number of imidazole rings is 1. The second-order valence-corrected chi connectivity index (χ2v) is 6.52. The number of pyridine rings is 1. The Morgan fingerprint density at radius 3 is 2.03 bits per heavy atom. The van der Waals surface area contributed by atoms with Crippen molar-refractivity contribution in [3.63, 3.8) is 0 Å². The minimum atomic E-state index is -4.46. The van der Waals surface area contributed by atoms with Crippen molar-refractivity contribution in [2.24, 2.45) is 5.73 Å². The summed E-state index contributed by atoms with van der Waals surface area (Å²) in [4.78, 5) is 20.0. The number of benzene rings is 1. The first-order valence-electron chi connectivity index (χ1n) is 9.26. The number of hydrogen-bond donors (Lipinski definition) is 2. The van der Waals surface area contributed by atoms with Gasteiger partial charge in [-0.05, 0) is 24.3 Å². The fraction of sp³-hybridized carbons (Fsp3) is 0.143. The van der Waals surface area contributed by atoms with Crippen LogP contribution < -0.4 is 11.5 Å². The van der Waals surface area contributed by atoms with Crippen LogP contribution >= 0.6 is 0 Å². The summed E-state index contributed by atoms with van der Waals surface area (Å²) in [5, 5.41) is 0. The summed E-state index contributed by atoms with van der Waals surface area (Å²) in [6, 6.07) is 10.9. The first-order chi connectivity index (χ1) is 16.0. The fourth-order valence-corrected chi connectivity index (χ4v) is 2.65. The Bertz CT molecular complexity index is 1220. The summed E-state index contributed by atoms with van der Waals surface area (Å²) >= 11 is 0. The number of nitrogens with two attached hydrogens (primary N) is 2. The van der Waals surface area contributed by atoms with E-state index in [0.29, 0.717) is 16.9 Å². The van der Waals surface area contributed by atoms with Crippen molar-refractivity contribution >= 4 is 18.1 Å². The topological polar surface area (TPSA) is 112 Å². The van der Waals surface area contributed by atoms with Crippen LogP contribution in [0.15, 0.2) is 61.2 Å². The maximum atomic E-state index is 12.6. The van der Waals surface area contributed by atoms with Gasteiger partial charge < -0.3 is 16.3 Å². The van der Waals surface area contributed by atoms with Gasteiger partial charge in [0.25, 0.3) is 0 Å². The molecule has 0 aliphatic heterocycles. The van der Waals surface area contributed by atoms with E-state index in [1.165, 1.54) is 0 Å². The minimum absolute atomic E-state index is 0.203. The smallest absolute Gasteiger partial charge is 0.399 e. The molecule has 0 aliphatic rings. The molecule has 4 aromatic rings. The van der Waals surface area contributed by atoms with Gasteiger partial charge in [0.2, 0.25) is 0 Å². The average Bonchev–Trinajstić information content (AvgIpc) is 3.23. The quantitative estimate of drug-likeness (QED) is 0.323. The average molecular weight is 484 g/mol. The third-order valence-corrected chi connectivity index (χ3v) is 4.16. The highest BCUT2D eigenvalue weighted by atomic mass is 19.4. The number of carbonyl (C=O) groups excluding carboxylic acids is 1. The number of nitrogen functional groups attached to an aromatic ring is 1. The predicted molar refractivity (Wildman–Crippen MR) is 113 cm³/mol. The lowest BCUT2D eigenvalue weighted by atomic mass is 10.1. The highest BCUT2D eigenvalue weighted by Crippen LogP contribution is 2.29. The Labute approximate surface area is 189 Å². The molecule has 7 nitrogen and oxygen atoms in total. The van der Waals surface area contributed by atoms with Crippen molar-refractivity contribution < 1.29 is 31.1 Å². The molecule has 1 aromatic carbocycles. The highest BCUT2D eigenvalue weighted by molar-refractivity contribution is 5.69. The van der Waals surface area contributed by atoms with Crippen LogP contribution in [0.1, 0.15) is 5.56 Å². The van der Waals surface area contributed by atoms with Gasteiger partial charge in [0.05, 0.1) is 24.0 Å². The summed E-state index contributed by atoms with van der Waals surface area (Å²) < 4.78 is 71.7. The van der Waals surface area contributed by atoms with E-state index in [0.717, 1.165) is 23.7 Å². The van der Waals surface area contributed by atoms with Crippen LogP contribution in [-0.4, -0.2) is 38.9 Å². The summed E-state index contributed by atoms with van der Waals surface area (Å²) in [7, 11) is 0. The molecule has 0 spiro atoms. The zero-order valence-electron chi connectivity index (χ0n) is 17.3. The summed E-state index contributed by atoms with van der Waals surface area (Å²) in [5.74, 6) is 0.203. The Kier molecular flexibility index (Phi) is 8.30. The third kappa shape index (κ3) is 6.75.